The van der Waals surface area contributed by atoms with Crippen molar-refractivity contribution in [1.29, 1.82) is 5.26 Å². The van der Waals surface area contributed by atoms with Gasteiger partial charge in [-0.3, -0.25) is 0 Å². The van der Waals surface area contributed by atoms with Crippen molar-refractivity contribution in [2.24, 2.45) is 0 Å². The molecule has 1 rings (SSSR count). The number of halogens is 1. The molecule has 0 amide bonds. The van der Waals surface area contributed by atoms with Crippen molar-refractivity contribution in [3.8, 4) is 11.8 Å². The summed E-state index contributed by atoms with van der Waals surface area (Å²) in [6.07, 6.45) is 0.0272. The van der Waals surface area contributed by atoms with Crippen LogP contribution in [0.3, 0.4) is 0 Å². The van der Waals surface area contributed by atoms with Crippen LogP contribution in [0.15, 0.2) is 18.2 Å². The van der Waals surface area contributed by atoms with Gasteiger partial charge in [0.05, 0.1) is 16.7 Å². The van der Waals surface area contributed by atoms with Gasteiger partial charge >= 0.3 is 0 Å². The van der Waals surface area contributed by atoms with Crippen molar-refractivity contribution < 1.29 is 9.47 Å². The summed E-state index contributed by atoms with van der Waals surface area (Å²) in [6.45, 7) is 2.37. The second kappa shape index (κ2) is 5.59. The van der Waals surface area contributed by atoms with Crippen molar-refractivity contribution in [2.45, 2.75) is 13.0 Å². The maximum absolute atomic E-state index is 8.67. The van der Waals surface area contributed by atoms with Gasteiger partial charge in [-0.25, -0.2) is 0 Å². The monoisotopic (exact) mass is 225 g/mol. The molecule has 0 aromatic heterocycles. The van der Waals surface area contributed by atoms with Crippen molar-refractivity contribution in [3.63, 3.8) is 0 Å². The number of nitrogens with zero attached hydrogens (tertiary/aromatic N) is 1. The summed E-state index contributed by atoms with van der Waals surface area (Å²) in [4.78, 5) is 0. The number of hydrogen-bond acceptors (Lipinski definition) is 3. The van der Waals surface area contributed by atoms with E-state index in [-0.39, 0.29) is 6.10 Å². The molecule has 0 spiro atoms. The molecule has 3 nitrogen and oxygen atoms in total. The molecule has 1 atom stereocenters. The smallest absolute Gasteiger partial charge is 0.121 e. The van der Waals surface area contributed by atoms with Crippen molar-refractivity contribution in [1.82, 2.24) is 0 Å². The van der Waals surface area contributed by atoms with E-state index in [2.05, 4.69) is 0 Å². The zero-order valence-electron chi connectivity index (χ0n) is 8.66. The molecule has 0 fully saturated rings. The predicted molar refractivity (Wildman–Crippen MR) is 58.1 cm³/mol. The third-order valence-corrected chi connectivity index (χ3v) is 2.26. The Labute approximate surface area is 94.2 Å². The van der Waals surface area contributed by atoms with Crippen LogP contribution in [0.5, 0.6) is 5.75 Å². The highest BCUT2D eigenvalue weighted by Crippen LogP contribution is 2.21. The standard InChI is InChI=1S/C11H12ClNO2/c1-8(14-2)7-15-10-4-3-9(6-13)11(12)5-10/h3-5,8H,7H2,1-2H3. The third-order valence-electron chi connectivity index (χ3n) is 1.95. The highest BCUT2D eigenvalue weighted by Gasteiger charge is 2.04. The summed E-state index contributed by atoms with van der Waals surface area (Å²) in [5.74, 6) is 0.642. The van der Waals surface area contributed by atoms with E-state index in [0.717, 1.165) is 0 Å². The molecule has 0 aliphatic carbocycles. The molecule has 1 aromatic rings. The van der Waals surface area contributed by atoms with Crippen molar-refractivity contribution in [2.75, 3.05) is 13.7 Å². The van der Waals surface area contributed by atoms with Crippen LogP contribution in [0.4, 0.5) is 0 Å². The first-order valence-electron chi connectivity index (χ1n) is 4.52. The molecule has 1 aromatic carbocycles. The van der Waals surface area contributed by atoms with Crippen LogP contribution in [0.25, 0.3) is 0 Å². The SMILES string of the molecule is COC(C)COc1ccc(C#N)c(Cl)c1. The van der Waals surface area contributed by atoms with Gasteiger partial charge in [0.2, 0.25) is 0 Å². The zero-order valence-corrected chi connectivity index (χ0v) is 9.41. The van der Waals surface area contributed by atoms with Gasteiger partial charge in [0, 0.05) is 13.2 Å². The van der Waals surface area contributed by atoms with E-state index in [4.69, 9.17) is 26.3 Å². The van der Waals surface area contributed by atoms with Crippen LogP contribution >= 0.6 is 11.6 Å². The first kappa shape index (κ1) is 11.8. The molecule has 0 N–H and O–H groups in total. The second-order valence-corrected chi connectivity index (χ2v) is 3.52. The number of hydrogen-bond donors (Lipinski definition) is 0. The van der Waals surface area contributed by atoms with Gasteiger partial charge < -0.3 is 9.47 Å². The molecule has 0 bridgehead atoms. The molecule has 0 heterocycles. The lowest BCUT2D eigenvalue weighted by Gasteiger charge is -2.11. The predicted octanol–water partition coefficient (Wildman–Crippen LogP) is 2.63. The van der Waals surface area contributed by atoms with Crippen LogP contribution in [-0.2, 0) is 4.74 Å². The summed E-state index contributed by atoms with van der Waals surface area (Å²) in [7, 11) is 1.62. The average Bonchev–Trinajstić information content (AvgIpc) is 2.26. The minimum Gasteiger partial charge on any atom is -0.491 e. The van der Waals surface area contributed by atoms with E-state index in [1.807, 2.05) is 13.0 Å². The Morgan fingerprint density at radius 1 is 1.53 bits per heavy atom. The molecule has 0 aliphatic heterocycles. The quantitative estimate of drug-likeness (QED) is 0.791. The highest BCUT2D eigenvalue weighted by molar-refractivity contribution is 6.31. The van der Waals surface area contributed by atoms with Crippen LogP contribution in [0, 0.1) is 11.3 Å². The number of nitriles is 1. The maximum Gasteiger partial charge on any atom is 0.121 e. The van der Waals surface area contributed by atoms with E-state index in [9.17, 15) is 0 Å². The number of methoxy groups -OCH3 is 1. The number of benzene rings is 1. The van der Waals surface area contributed by atoms with Crippen LogP contribution in [0.1, 0.15) is 12.5 Å². The summed E-state index contributed by atoms with van der Waals surface area (Å²) in [5, 5.41) is 9.07. The topological polar surface area (TPSA) is 42.2 Å². The Morgan fingerprint density at radius 3 is 2.80 bits per heavy atom. The normalized spacial score (nSPS) is 11.9. The van der Waals surface area contributed by atoms with E-state index in [1.165, 1.54) is 0 Å². The highest BCUT2D eigenvalue weighted by atomic mass is 35.5. The Hall–Kier alpha value is -1.24. The molecule has 80 valence electrons. The third kappa shape index (κ3) is 3.43. The van der Waals surface area contributed by atoms with E-state index >= 15 is 0 Å². The summed E-state index contributed by atoms with van der Waals surface area (Å²) >= 11 is 5.84. The van der Waals surface area contributed by atoms with Gasteiger partial charge in [0.1, 0.15) is 18.4 Å². The first-order chi connectivity index (χ1) is 7.17. The zero-order chi connectivity index (χ0) is 11.3. The average molecular weight is 226 g/mol. The van der Waals surface area contributed by atoms with E-state index in [0.29, 0.717) is 22.9 Å². The molecule has 0 saturated heterocycles. The van der Waals surface area contributed by atoms with Gasteiger partial charge in [-0.1, -0.05) is 11.6 Å². The van der Waals surface area contributed by atoms with E-state index < -0.39 is 0 Å². The lowest BCUT2D eigenvalue weighted by Crippen LogP contribution is -2.15. The Bertz CT molecular complexity index is 373. The second-order valence-electron chi connectivity index (χ2n) is 3.11. The van der Waals surface area contributed by atoms with Gasteiger partial charge in [0.15, 0.2) is 0 Å². The molecule has 0 radical (unpaired) electrons. The summed E-state index contributed by atoms with van der Waals surface area (Å²) in [6, 6.07) is 6.96. The number of ether oxygens (including phenoxy) is 2. The minimum absolute atomic E-state index is 0.0272. The van der Waals surface area contributed by atoms with Crippen LogP contribution < -0.4 is 4.74 Å². The molecular formula is C11H12ClNO2. The molecular weight excluding hydrogens is 214 g/mol. The molecule has 15 heavy (non-hydrogen) atoms. The van der Waals surface area contributed by atoms with Crippen molar-refractivity contribution in [3.05, 3.63) is 28.8 Å². The fraction of sp³-hybridized carbons (Fsp3) is 0.364. The Kier molecular flexibility index (Phi) is 4.41. The molecule has 0 saturated carbocycles. The maximum atomic E-state index is 8.67. The summed E-state index contributed by atoms with van der Waals surface area (Å²) < 4.78 is 10.5. The largest absolute Gasteiger partial charge is 0.491 e. The lowest BCUT2D eigenvalue weighted by atomic mass is 10.2. The Balaban J connectivity index is 2.64. The van der Waals surface area contributed by atoms with Gasteiger partial charge in [0.25, 0.3) is 0 Å². The minimum atomic E-state index is 0.0272. The fourth-order valence-corrected chi connectivity index (χ4v) is 1.17. The molecule has 4 heteroatoms. The fourth-order valence-electron chi connectivity index (χ4n) is 0.958. The van der Waals surface area contributed by atoms with Crippen molar-refractivity contribution >= 4 is 11.6 Å². The lowest BCUT2D eigenvalue weighted by molar-refractivity contribution is 0.0717. The number of rotatable bonds is 4. The van der Waals surface area contributed by atoms with Crippen LogP contribution in [0.2, 0.25) is 5.02 Å². The first-order valence-corrected chi connectivity index (χ1v) is 4.90. The van der Waals surface area contributed by atoms with Crippen LogP contribution in [-0.4, -0.2) is 19.8 Å². The van der Waals surface area contributed by atoms with Gasteiger partial charge in [-0.2, -0.15) is 5.26 Å². The summed E-state index contributed by atoms with van der Waals surface area (Å²) in [5.41, 5.74) is 0.448. The molecule has 0 aliphatic rings. The van der Waals surface area contributed by atoms with Gasteiger partial charge in [-0.15, -0.1) is 0 Å². The van der Waals surface area contributed by atoms with Gasteiger partial charge in [-0.05, 0) is 19.1 Å². The molecule has 1 unspecified atom stereocenters. The Morgan fingerprint density at radius 2 is 2.27 bits per heavy atom. The van der Waals surface area contributed by atoms with E-state index in [1.54, 1.807) is 25.3 Å².